The summed E-state index contributed by atoms with van der Waals surface area (Å²) in [5.41, 5.74) is 0. The van der Waals surface area contributed by atoms with Crippen LogP contribution >= 0.6 is 0 Å². The molecule has 1 fully saturated rings. The number of nitriles is 1. The molecule has 0 radical (unpaired) electrons. The van der Waals surface area contributed by atoms with Crippen LogP contribution in [0, 0.1) is 11.3 Å². The van der Waals surface area contributed by atoms with Gasteiger partial charge in [-0.05, 0) is 18.9 Å². The van der Waals surface area contributed by atoms with Crippen molar-refractivity contribution in [3.05, 3.63) is 12.2 Å². The van der Waals surface area contributed by atoms with Crippen LogP contribution in [-0.2, 0) is 4.79 Å². The Morgan fingerprint density at radius 3 is 2.83 bits per heavy atom. The van der Waals surface area contributed by atoms with E-state index in [4.69, 9.17) is 5.26 Å². The zero-order valence-corrected chi connectivity index (χ0v) is 10.5. The lowest BCUT2D eigenvalue weighted by atomic mass is 10.2. The number of nitrogens with zero attached hydrogens (tertiary/aromatic N) is 3. The highest BCUT2D eigenvalue weighted by atomic mass is 16.3. The summed E-state index contributed by atoms with van der Waals surface area (Å²) in [6.45, 7) is 0.622. The Morgan fingerprint density at radius 2 is 2.22 bits per heavy atom. The molecule has 5 nitrogen and oxygen atoms in total. The van der Waals surface area contributed by atoms with Crippen LogP contribution in [0.1, 0.15) is 25.7 Å². The Bertz CT molecular complexity index is 369. The Balaban J connectivity index is 1.91. The predicted molar refractivity (Wildman–Crippen MR) is 66.3 cm³/mol. The largest absolute Gasteiger partial charge is 0.381 e. The lowest BCUT2D eigenvalue weighted by molar-refractivity contribution is -0.133. The van der Waals surface area contributed by atoms with Crippen LogP contribution in [0.2, 0.25) is 0 Å². The zero-order chi connectivity index (χ0) is 13.0. The number of aliphatic hydroxyl groups excluding tert-OH is 1. The van der Waals surface area contributed by atoms with Gasteiger partial charge in [-0.2, -0.15) is 5.26 Å². The first kappa shape index (κ1) is 13.1. The molecule has 2 aliphatic rings. The maximum atomic E-state index is 12.1. The van der Waals surface area contributed by atoms with Gasteiger partial charge in [-0.25, -0.2) is 0 Å². The van der Waals surface area contributed by atoms with Gasteiger partial charge in [0.25, 0.3) is 0 Å². The lowest BCUT2D eigenvalue weighted by Gasteiger charge is -2.28. The molecule has 1 saturated carbocycles. The van der Waals surface area contributed by atoms with E-state index >= 15 is 0 Å². The molecule has 1 N–H and O–H groups in total. The number of carbonyl (C=O) groups is 1. The number of hydrogen-bond acceptors (Lipinski definition) is 4. The fraction of sp³-hybridized carbons (Fsp3) is 0.692. The number of amides is 1. The summed E-state index contributed by atoms with van der Waals surface area (Å²) in [6, 6.07) is 1.96. The summed E-state index contributed by atoms with van der Waals surface area (Å²) in [4.78, 5) is 15.5. The van der Waals surface area contributed by atoms with Crippen molar-refractivity contribution < 1.29 is 9.90 Å². The maximum absolute atomic E-state index is 12.1. The molecule has 98 valence electrons. The van der Waals surface area contributed by atoms with Crippen molar-refractivity contribution in [2.75, 3.05) is 19.8 Å². The highest BCUT2D eigenvalue weighted by molar-refractivity contribution is 5.80. The van der Waals surface area contributed by atoms with Gasteiger partial charge in [0.2, 0.25) is 5.91 Å². The summed E-state index contributed by atoms with van der Waals surface area (Å²) < 4.78 is 0. The van der Waals surface area contributed by atoms with Gasteiger partial charge in [-0.3, -0.25) is 9.69 Å². The third-order valence-corrected chi connectivity index (χ3v) is 3.77. The summed E-state index contributed by atoms with van der Waals surface area (Å²) in [5, 5.41) is 18.3. The number of hydrogen-bond donors (Lipinski definition) is 1. The quantitative estimate of drug-likeness (QED) is 0.581. The van der Waals surface area contributed by atoms with Crippen molar-refractivity contribution >= 4 is 5.91 Å². The molecule has 0 saturated heterocycles. The average molecular weight is 249 g/mol. The Kier molecular flexibility index (Phi) is 4.34. The molecule has 0 aromatic heterocycles. The van der Waals surface area contributed by atoms with E-state index in [1.165, 1.54) is 12.8 Å². The molecule has 0 bridgehead atoms. The van der Waals surface area contributed by atoms with E-state index in [1.807, 2.05) is 11.0 Å². The van der Waals surface area contributed by atoms with E-state index < -0.39 is 6.04 Å². The molecule has 0 aromatic rings. The van der Waals surface area contributed by atoms with Crippen LogP contribution < -0.4 is 0 Å². The molecule has 1 amide bonds. The summed E-state index contributed by atoms with van der Waals surface area (Å²) >= 11 is 0. The van der Waals surface area contributed by atoms with Gasteiger partial charge in [-0.1, -0.05) is 18.9 Å². The zero-order valence-electron chi connectivity index (χ0n) is 10.5. The van der Waals surface area contributed by atoms with Crippen LogP contribution in [0.5, 0.6) is 0 Å². The second-order valence-corrected chi connectivity index (χ2v) is 4.87. The Hall–Kier alpha value is -1.38. The van der Waals surface area contributed by atoms with Crippen molar-refractivity contribution in [1.29, 1.82) is 5.26 Å². The first-order valence-corrected chi connectivity index (χ1v) is 6.47. The van der Waals surface area contributed by atoms with Crippen molar-refractivity contribution in [2.24, 2.45) is 0 Å². The fourth-order valence-electron chi connectivity index (χ4n) is 2.72. The first-order chi connectivity index (χ1) is 8.76. The molecule has 1 atom stereocenters. The minimum atomic E-state index is -0.443. The van der Waals surface area contributed by atoms with Crippen LogP contribution in [0.15, 0.2) is 12.2 Å². The van der Waals surface area contributed by atoms with Crippen LogP contribution in [0.3, 0.4) is 0 Å². The van der Waals surface area contributed by atoms with E-state index in [2.05, 4.69) is 6.07 Å². The molecule has 1 heterocycles. The van der Waals surface area contributed by atoms with Crippen molar-refractivity contribution in [3.63, 3.8) is 0 Å². The Labute approximate surface area is 107 Å². The predicted octanol–water partition coefficient (Wildman–Crippen LogP) is 0.471. The van der Waals surface area contributed by atoms with Gasteiger partial charge in [-0.15, -0.1) is 0 Å². The molecule has 1 aliphatic carbocycles. The molecule has 5 heteroatoms. The third-order valence-electron chi connectivity index (χ3n) is 3.77. The van der Waals surface area contributed by atoms with Gasteiger partial charge in [0, 0.05) is 12.6 Å². The van der Waals surface area contributed by atoms with Crippen LogP contribution in [0.4, 0.5) is 0 Å². The normalized spacial score (nSPS) is 23.8. The molecule has 0 aromatic carbocycles. The second-order valence-electron chi connectivity index (χ2n) is 4.87. The van der Waals surface area contributed by atoms with Crippen molar-refractivity contribution in [2.45, 2.75) is 37.8 Å². The van der Waals surface area contributed by atoms with E-state index in [9.17, 15) is 9.90 Å². The molecule has 1 unspecified atom stereocenters. The second kappa shape index (κ2) is 5.98. The number of rotatable bonds is 4. The highest BCUT2D eigenvalue weighted by Crippen LogP contribution is 2.23. The van der Waals surface area contributed by atoms with E-state index in [1.54, 1.807) is 11.0 Å². The Morgan fingerprint density at radius 1 is 1.50 bits per heavy atom. The van der Waals surface area contributed by atoms with Gasteiger partial charge >= 0.3 is 0 Å². The van der Waals surface area contributed by atoms with Crippen molar-refractivity contribution in [1.82, 2.24) is 9.80 Å². The standard InChI is InChI=1S/C13H19N3O2/c14-8-12-6-3-7-16(12)13(18)9-15(10-17)11-4-1-2-5-11/h3,6,11-12,17H,1-2,4-5,7,9-10H2. The summed E-state index contributed by atoms with van der Waals surface area (Å²) in [7, 11) is 0. The highest BCUT2D eigenvalue weighted by Gasteiger charge is 2.29. The van der Waals surface area contributed by atoms with Gasteiger partial charge in [0.05, 0.1) is 19.3 Å². The lowest BCUT2D eigenvalue weighted by Crippen LogP contribution is -2.45. The van der Waals surface area contributed by atoms with E-state index in [-0.39, 0.29) is 19.2 Å². The van der Waals surface area contributed by atoms with Gasteiger partial charge < -0.3 is 10.0 Å². The summed E-state index contributed by atoms with van der Waals surface area (Å²) in [5.74, 6) is -0.0764. The fourth-order valence-corrected chi connectivity index (χ4v) is 2.72. The topological polar surface area (TPSA) is 67.6 Å². The van der Waals surface area contributed by atoms with Crippen molar-refractivity contribution in [3.8, 4) is 6.07 Å². The molecule has 1 aliphatic heterocycles. The summed E-state index contributed by atoms with van der Waals surface area (Å²) in [6.07, 6.45) is 8.02. The molecular formula is C13H19N3O2. The maximum Gasteiger partial charge on any atom is 0.238 e. The monoisotopic (exact) mass is 249 g/mol. The molecule has 0 spiro atoms. The smallest absolute Gasteiger partial charge is 0.238 e. The number of carbonyl (C=O) groups excluding carboxylic acids is 1. The van der Waals surface area contributed by atoms with Crippen LogP contribution in [-0.4, -0.2) is 52.7 Å². The average Bonchev–Trinajstić information content (AvgIpc) is 3.05. The molecule has 2 rings (SSSR count). The SMILES string of the molecule is N#CC1C=CCN1C(=O)CN(CO)C1CCCC1. The molecule has 18 heavy (non-hydrogen) atoms. The van der Waals surface area contributed by atoms with E-state index in [0.717, 1.165) is 12.8 Å². The van der Waals surface area contributed by atoms with Crippen LogP contribution in [0.25, 0.3) is 0 Å². The van der Waals surface area contributed by atoms with Gasteiger partial charge in [0.15, 0.2) is 0 Å². The minimum Gasteiger partial charge on any atom is -0.381 e. The molecular weight excluding hydrogens is 230 g/mol. The van der Waals surface area contributed by atoms with Gasteiger partial charge in [0.1, 0.15) is 6.04 Å². The third kappa shape index (κ3) is 2.71. The first-order valence-electron chi connectivity index (χ1n) is 6.47. The minimum absolute atomic E-state index is 0.0764. The van der Waals surface area contributed by atoms with E-state index in [0.29, 0.717) is 12.6 Å². The number of aliphatic hydroxyl groups is 1.